The third-order valence-corrected chi connectivity index (χ3v) is 2.89. The zero-order valence-electron chi connectivity index (χ0n) is 12.0. The number of carbonyl (C=O) groups is 1. The van der Waals surface area contributed by atoms with Crippen LogP contribution in [0.4, 0.5) is 11.4 Å². The lowest BCUT2D eigenvalue weighted by molar-refractivity contribution is -0.118. The van der Waals surface area contributed by atoms with E-state index >= 15 is 0 Å². The Morgan fingerprint density at radius 3 is 2.50 bits per heavy atom. The van der Waals surface area contributed by atoms with Crippen molar-refractivity contribution in [3.63, 3.8) is 0 Å². The summed E-state index contributed by atoms with van der Waals surface area (Å²) >= 11 is 0. The molecule has 0 atom stereocenters. The van der Waals surface area contributed by atoms with Crippen LogP contribution in [0, 0.1) is 11.3 Å². The van der Waals surface area contributed by atoms with Crippen LogP contribution in [0.3, 0.4) is 0 Å². The predicted molar refractivity (Wildman–Crippen MR) is 82.7 cm³/mol. The summed E-state index contributed by atoms with van der Waals surface area (Å²) in [7, 11) is 1.54. The van der Waals surface area contributed by atoms with Crippen molar-refractivity contribution in [2.24, 2.45) is 0 Å². The van der Waals surface area contributed by atoms with E-state index in [0.29, 0.717) is 28.4 Å². The van der Waals surface area contributed by atoms with E-state index in [1.165, 1.54) is 0 Å². The van der Waals surface area contributed by atoms with Crippen molar-refractivity contribution in [2.75, 3.05) is 24.8 Å². The Morgan fingerprint density at radius 1 is 1.23 bits per heavy atom. The number of methoxy groups -OCH3 is 1. The number of carbonyl (C=O) groups excluding carboxylic acids is 1. The zero-order chi connectivity index (χ0) is 15.9. The number of anilines is 2. The highest BCUT2D eigenvalue weighted by Gasteiger charge is 2.07. The lowest BCUT2D eigenvalue weighted by Gasteiger charge is -2.10. The molecule has 2 aromatic rings. The molecule has 0 aliphatic rings. The molecule has 3 N–H and O–H groups in total. The molecule has 2 aromatic carbocycles. The van der Waals surface area contributed by atoms with Crippen LogP contribution >= 0.6 is 0 Å². The van der Waals surface area contributed by atoms with E-state index in [2.05, 4.69) is 5.32 Å². The van der Waals surface area contributed by atoms with Gasteiger partial charge in [0.2, 0.25) is 0 Å². The maximum atomic E-state index is 11.8. The highest BCUT2D eigenvalue weighted by molar-refractivity contribution is 5.95. The van der Waals surface area contributed by atoms with Crippen LogP contribution in [-0.4, -0.2) is 19.6 Å². The molecule has 0 unspecified atom stereocenters. The van der Waals surface area contributed by atoms with Gasteiger partial charge in [-0.1, -0.05) is 0 Å². The maximum Gasteiger partial charge on any atom is 0.262 e. The summed E-state index contributed by atoms with van der Waals surface area (Å²) in [5, 5.41) is 11.4. The van der Waals surface area contributed by atoms with Gasteiger partial charge in [0.1, 0.15) is 11.5 Å². The van der Waals surface area contributed by atoms with Gasteiger partial charge in [-0.05, 0) is 36.4 Å². The van der Waals surface area contributed by atoms with Crippen molar-refractivity contribution < 1.29 is 14.3 Å². The highest BCUT2D eigenvalue weighted by Crippen LogP contribution is 2.24. The van der Waals surface area contributed by atoms with E-state index < -0.39 is 0 Å². The monoisotopic (exact) mass is 297 g/mol. The van der Waals surface area contributed by atoms with E-state index in [9.17, 15) is 4.79 Å². The lowest BCUT2D eigenvalue weighted by Crippen LogP contribution is -2.20. The standard InChI is InChI=1S/C16H15N3O3/c1-21-13-6-7-15(14(18)8-13)19-16(20)10-22-12-4-2-11(9-17)3-5-12/h2-8H,10,18H2,1H3,(H,19,20). The minimum Gasteiger partial charge on any atom is -0.497 e. The molecule has 0 bridgehead atoms. The van der Waals surface area contributed by atoms with Crippen molar-refractivity contribution in [3.8, 4) is 17.6 Å². The number of nitriles is 1. The summed E-state index contributed by atoms with van der Waals surface area (Å²) < 4.78 is 10.4. The predicted octanol–water partition coefficient (Wildman–Crippen LogP) is 2.17. The molecule has 6 nitrogen and oxygen atoms in total. The van der Waals surface area contributed by atoms with Crippen molar-refractivity contribution in [1.82, 2.24) is 0 Å². The third-order valence-electron chi connectivity index (χ3n) is 2.89. The number of ether oxygens (including phenoxy) is 2. The first-order chi connectivity index (χ1) is 10.6. The average Bonchev–Trinajstić information content (AvgIpc) is 2.55. The molecule has 22 heavy (non-hydrogen) atoms. The van der Waals surface area contributed by atoms with E-state index in [4.69, 9.17) is 20.5 Å². The molecule has 2 rings (SSSR count). The van der Waals surface area contributed by atoms with Crippen LogP contribution in [0.15, 0.2) is 42.5 Å². The van der Waals surface area contributed by atoms with Crippen LogP contribution in [-0.2, 0) is 4.79 Å². The zero-order valence-corrected chi connectivity index (χ0v) is 12.0. The fraction of sp³-hybridized carbons (Fsp3) is 0.125. The second kappa shape index (κ2) is 6.99. The largest absolute Gasteiger partial charge is 0.497 e. The number of hydrogen-bond acceptors (Lipinski definition) is 5. The first-order valence-electron chi connectivity index (χ1n) is 6.48. The number of nitrogens with zero attached hydrogens (tertiary/aromatic N) is 1. The molecule has 0 spiro atoms. The smallest absolute Gasteiger partial charge is 0.262 e. The molecule has 0 radical (unpaired) electrons. The van der Waals surface area contributed by atoms with Gasteiger partial charge in [0.05, 0.1) is 30.1 Å². The third kappa shape index (κ3) is 3.90. The van der Waals surface area contributed by atoms with Gasteiger partial charge in [0.15, 0.2) is 6.61 Å². The Bertz CT molecular complexity index is 706. The minimum absolute atomic E-state index is 0.155. The second-order valence-electron chi connectivity index (χ2n) is 4.43. The Hall–Kier alpha value is -3.20. The van der Waals surface area contributed by atoms with E-state index in [0.717, 1.165) is 0 Å². The van der Waals surface area contributed by atoms with E-state index in [1.54, 1.807) is 49.6 Å². The van der Waals surface area contributed by atoms with Crippen molar-refractivity contribution >= 4 is 17.3 Å². The molecule has 0 aliphatic heterocycles. The van der Waals surface area contributed by atoms with E-state index in [-0.39, 0.29) is 12.5 Å². The SMILES string of the molecule is COc1ccc(NC(=O)COc2ccc(C#N)cc2)c(N)c1. The Kier molecular flexibility index (Phi) is 4.83. The molecular formula is C16H15N3O3. The Morgan fingerprint density at radius 2 is 1.91 bits per heavy atom. The van der Waals surface area contributed by atoms with Crippen molar-refractivity contribution in [2.45, 2.75) is 0 Å². The Balaban J connectivity index is 1.91. The van der Waals surface area contributed by atoms with Gasteiger partial charge in [0, 0.05) is 6.07 Å². The van der Waals surface area contributed by atoms with Crippen molar-refractivity contribution in [1.29, 1.82) is 5.26 Å². The molecule has 112 valence electrons. The van der Waals surface area contributed by atoms with Crippen LogP contribution in [0.1, 0.15) is 5.56 Å². The molecule has 1 amide bonds. The fourth-order valence-corrected chi connectivity index (χ4v) is 1.74. The van der Waals surface area contributed by atoms with Gasteiger partial charge in [-0.3, -0.25) is 4.79 Å². The number of rotatable bonds is 5. The molecule has 0 aliphatic carbocycles. The summed E-state index contributed by atoms with van der Waals surface area (Å²) in [6, 6.07) is 13.5. The van der Waals surface area contributed by atoms with Gasteiger partial charge in [-0.25, -0.2) is 0 Å². The summed E-state index contributed by atoms with van der Waals surface area (Å²) in [6.07, 6.45) is 0. The summed E-state index contributed by atoms with van der Waals surface area (Å²) in [5.41, 5.74) is 7.25. The van der Waals surface area contributed by atoms with Gasteiger partial charge in [-0.15, -0.1) is 0 Å². The van der Waals surface area contributed by atoms with Crippen LogP contribution < -0.4 is 20.5 Å². The normalized spacial score (nSPS) is 9.64. The molecule has 0 fully saturated rings. The molecule has 0 saturated carbocycles. The number of amides is 1. The molecule has 0 saturated heterocycles. The van der Waals surface area contributed by atoms with Crippen LogP contribution in [0.5, 0.6) is 11.5 Å². The number of benzene rings is 2. The summed E-state index contributed by atoms with van der Waals surface area (Å²) in [5.74, 6) is 0.794. The summed E-state index contributed by atoms with van der Waals surface area (Å²) in [6.45, 7) is -0.155. The molecular weight excluding hydrogens is 282 g/mol. The average molecular weight is 297 g/mol. The van der Waals surface area contributed by atoms with Crippen LogP contribution in [0.25, 0.3) is 0 Å². The minimum atomic E-state index is -0.332. The number of nitrogen functional groups attached to an aromatic ring is 1. The molecule has 0 heterocycles. The summed E-state index contributed by atoms with van der Waals surface area (Å²) in [4.78, 5) is 11.8. The number of nitrogens with one attached hydrogen (secondary N) is 1. The highest BCUT2D eigenvalue weighted by atomic mass is 16.5. The molecule has 6 heteroatoms. The molecule has 0 aromatic heterocycles. The lowest BCUT2D eigenvalue weighted by atomic mass is 10.2. The van der Waals surface area contributed by atoms with Gasteiger partial charge < -0.3 is 20.5 Å². The van der Waals surface area contributed by atoms with E-state index in [1.807, 2.05) is 6.07 Å². The first-order valence-corrected chi connectivity index (χ1v) is 6.48. The van der Waals surface area contributed by atoms with Gasteiger partial charge >= 0.3 is 0 Å². The van der Waals surface area contributed by atoms with Crippen LogP contribution in [0.2, 0.25) is 0 Å². The number of hydrogen-bond donors (Lipinski definition) is 2. The van der Waals surface area contributed by atoms with Gasteiger partial charge in [0.25, 0.3) is 5.91 Å². The second-order valence-corrected chi connectivity index (χ2v) is 4.43. The quantitative estimate of drug-likeness (QED) is 0.824. The van der Waals surface area contributed by atoms with Crippen molar-refractivity contribution in [3.05, 3.63) is 48.0 Å². The number of nitrogens with two attached hydrogens (primary N) is 1. The fourth-order valence-electron chi connectivity index (χ4n) is 1.74. The first kappa shape index (κ1) is 15.2. The topological polar surface area (TPSA) is 97.4 Å². The van der Waals surface area contributed by atoms with Gasteiger partial charge in [-0.2, -0.15) is 5.26 Å². The Labute approximate surface area is 128 Å². The maximum absolute atomic E-state index is 11.8.